The average molecular weight is 355 g/mol. The number of nitrogens with one attached hydrogen (secondary N) is 1. The van der Waals surface area contributed by atoms with Gasteiger partial charge < -0.3 is 14.8 Å². The molecule has 1 aromatic carbocycles. The molecule has 2 heterocycles. The SMILES string of the molecule is CCCc1ncncc1C(=O)N[C@@H]1COCC[C@@H]1OCc1ccccc1. The summed E-state index contributed by atoms with van der Waals surface area (Å²) in [4.78, 5) is 21.0. The second-order valence-electron chi connectivity index (χ2n) is 6.41. The van der Waals surface area contributed by atoms with Gasteiger partial charge in [0.05, 0.1) is 36.6 Å². The molecular formula is C20H25N3O3. The first-order valence-electron chi connectivity index (χ1n) is 9.11. The largest absolute Gasteiger partial charge is 0.379 e. The zero-order chi connectivity index (χ0) is 18.2. The Kier molecular flexibility index (Phi) is 6.68. The molecule has 3 rings (SSSR count). The molecule has 0 unspecified atom stereocenters. The van der Waals surface area contributed by atoms with E-state index >= 15 is 0 Å². The number of ether oxygens (including phenoxy) is 2. The van der Waals surface area contributed by atoms with E-state index in [1.54, 1.807) is 6.20 Å². The normalized spacial score (nSPS) is 19.9. The van der Waals surface area contributed by atoms with Crippen molar-refractivity contribution in [3.05, 3.63) is 59.7 Å². The van der Waals surface area contributed by atoms with Gasteiger partial charge in [0.15, 0.2) is 0 Å². The highest BCUT2D eigenvalue weighted by Crippen LogP contribution is 2.16. The number of hydrogen-bond acceptors (Lipinski definition) is 5. The van der Waals surface area contributed by atoms with Gasteiger partial charge >= 0.3 is 0 Å². The molecule has 1 fully saturated rings. The minimum Gasteiger partial charge on any atom is -0.379 e. The van der Waals surface area contributed by atoms with Crippen LogP contribution in [0, 0.1) is 0 Å². The van der Waals surface area contributed by atoms with Crippen LogP contribution in [-0.4, -0.2) is 41.2 Å². The Bertz CT molecular complexity index is 708. The fourth-order valence-electron chi connectivity index (χ4n) is 3.06. The number of aromatic nitrogens is 2. The number of hydrogen-bond donors (Lipinski definition) is 1. The lowest BCUT2D eigenvalue weighted by Gasteiger charge is -2.32. The Morgan fingerprint density at radius 1 is 1.35 bits per heavy atom. The van der Waals surface area contributed by atoms with E-state index in [-0.39, 0.29) is 18.1 Å². The average Bonchev–Trinajstić information content (AvgIpc) is 2.69. The van der Waals surface area contributed by atoms with E-state index in [0.717, 1.165) is 30.5 Å². The molecule has 0 aliphatic carbocycles. The Morgan fingerprint density at radius 3 is 3.00 bits per heavy atom. The van der Waals surface area contributed by atoms with Crippen LogP contribution in [0.4, 0.5) is 0 Å². The Labute approximate surface area is 154 Å². The van der Waals surface area contributed by atoms with Crippen LogP contribution in [0.25, 0.3) is 0 Å². The van der Waals surface area contributed by atoms with Crippen molar-refractivity contribution in [2.45, 2.75) is 44.9 Å². The van der Waals surface area contributed by atoms with Gasteiger partial charge in [-0.1, -0.05) is 43.7 Å². The van der Waals surface area contributed by atoms with Crippen LogP contribution in [0.3, 0.4) is 0 Å². The lowest BCUT2D eigenvalue weighted by molar-refractivity contribution is -0.0605. The van der Waals surface area contributed by atoms with Crippen LogP contribution >= 0.6 is 0 Å². The number of carbonyl (C=O) groups excluding carboxylic acids is 1. The molecule has 1 N–H and O–H groups in total. The molecule has 0 saturated carbocycles. The summed E-state index contributed by atoms with van der Waals surface area (Å²) in [5.41, 5.74) is 2.42. The highest BCUT2D eigenvalue weighted by molar-refractivity contribution is 5.95. The predicted octanol–water partition coefficient (Wildman–Crippen LogP) is 2.53. The molecular weight excluding hydrogens is 330 g/mol. The van der Waals surface area contributed by atoms with Gasteiger partial charge in [0, 0.05) is 12.8 Å². The number of carbonyl (C=O) groups is 1. The maximum Gasteiger partial charge on any atom is 0.255 e. The third-order valence-corrected chi connectivity index (χ3v) is 4.44. The van der Waals surface area contributed by atoms with E-state index in [1.807, 2.05) is 30.3 Å². The van der Waals surface area contributed by atoms with Crippen LogP contribution < -0.4 is 5.32 Å². The number of amides is 1. The van der Waals surface area contributed by atoms with Gasteiger partial charge in [0.1, 0.15) is 6.33 Å². The maximum absolute atomic E-state index is 12.7. The highest BCUT2D eigenvalue weighted by Gasteiger charge is 2.29. The van der Waals surface area contributed by atoms with Crippen molar-refractivity contribution in [1.82, 2.24) is 15.3 Å². The molecule has 26 heavy (non-hydrogen) atoms. The van der Waals surface area contributed by atoms with Crippen LogP contribution in [0.15, 0.2) is 42.9 Å². The van der Waals surface area contributed by atoms with Gasteiger partial charge in [-0.2, -0.15) is 0 Å². The molecule has 6 heteroatoms. The van der Waals surface area contributed by atoms with Crippen molar-refractivity contribution in [3.63, 3.8) is 0 Å². The molecule has 2 atom stereocenters. The molecule has 1 aromatic heterocycles. The second-order valence-corrected chi connectivity index (χ2v) is 6.41. The molecule has 138 valence electrons. The fraction of sp³-hybridized carbons (Fsp3) is 0.450. The third-order valence-electron chi connectivity index (χ3n) is 4.44. The van der Waals surface area contributed by atoms with Gasteiger partial charge in [-0.3, -0.25) is 4.79 Å². The molecule has 0 radical (unpaired) electrons. The topological polar surface area (TPSA) is 73.3 Å². The third kappa shape index (κ3) is 4.86. The number of nitrogens with zero attached hydrogens (tertiary/aromatic N) is 2. The number of benzene rings is 1. The molecule has 0 bridgehead atoms. The summed E-state index contributed by atoms with van der Waals surface area (Å²) < 4.78 is 11.6. The predicted molar refractivity (Wildman–Crippen MR) is 97.7 cm³/mol. The first-order valence-corrected chi connectivity index (χ1v) is 9.11. The van der Waals surface area contributed by atoms with Gasteiger partial charge in [0.2, 0.25) is 0 Å². The highest BCUT2D eigenvalue weighted by atomic mass is 16.5. The summed E-state index contributed by atoms with van der Waals surface area (Å²) in [7, 11) is 0. The van der Waals surface area contributed by atoms with E-state index in [2.05, 4.69) is 22.2 Å². The van der Waals surface area contributed by atoms with Crippen LogP contribution in [-0.2, 0) is 22.5 Å². The fourth-order valence-corrected chi connectivity index (χ4v) is 3.06. The maximum atomic E-state index is 12.7. The van der Waals surface area contributed by atoms with Gasteiger partial charge in [-0.25, -0.2) is 9.97 Å². The van der Waals surface area contributed by atoms with Crippen LogP contribution in [0.2, 0.25) is 0 Å². The molecule has 0 spiro atoms. The van der Waals surface area contributed by atoms with Crippen molar-refractivity contribution >= 4 is 5.91 Å². The standard InChI is InChI=1S/C20H25N3O3/c1-2-6-17-16(11-21-14-22-17)20(24)23-18-13-25-10-9-19(18)26-12-15-7-4-3-5-8-15/h3-5,7-8,11,14,18-19H,2,6,9-10,12-13H2,1H3,(H,23,24)/t18-,19+/m1/s1. The van der Waals surface area contributed by atoms with Crippen molar-refractivity contribution < 1.29 is 14.3 Å². The van der Waals surface area contributed by atoms with Gasteiger partial charge in [-0.05, 0) is 18.4 Å². The van der Waals surface area contributed by atoms with E-state index < -0.39 is 0 Å². The summed E-state index contributed by atoms with van der Waals surface area (Å²) in [6.45, 7) is 3.67. The quantitative estimate of drug-likeness (QED) is 0.826. The first kappa shape index (κ1) is 18.5. The zero-order valence-electron chi connectivity index (χ0n) is 15.1. The minimum absolute atomic E-state index is 0.0767. The summed E-state index contributed by atoms with van der Waals surface area (Å²) in [5, 5.41) is 3.05. The van der Waals surface area contributed by atoms with E-state index in [4.69, 9.17) is 9.47 Å². The van der Waals surface area contributed by atoms with E-state index in [0.29, 0.717) is 25.4 Å². The lowest BCUT2D eigenvalue weighted by Crippen LogP contribution is -2.50. The zero-order valence-corrected chi connectivity index (χ0v) is 15.1. The molecule has 6 nitrogen and oxygen atoms in total. The molecule has 1 aliphatic rings. The van der Waals surface area contributed by atoms with Crippen molar-refractivity contribution in [3.8, 4) is 0 Å². The van der Waals surface area contributed by atoms with E-state index in [9.17, 15) is 4.79 Å². The smallest absolute Gasteiger partial charge is 0.255 e. The number of aryl methyl sites for hydroxylation is 1. The number of rotatable bonds is 7. The van der Waals surface area contributed by atoms with Crippen molar-refractivity contribution in [2.75, 3.05) is 13.2 Å². The molecule has 1 saturated heterocycles. The monoisotopic (exact) mass is 355 g/mol. The second kappa shape index (κ2) is 9.40. The summed E-state index contributed by atoms with van der Waals surface area (Å²) >= 11 is 0. The summed E-state index contributed by atoms with van der Waals surface area (Å²) in [6.07, 6.45) is 5.42. The molecule has 2 aromatic rings. The Hall–Kier alpha value is -2.31. The van der Waals surface area contributed by atoms with Gasteiger partial charge in [0.25, 0.3) is 5.91 Å². The van der Waals surface area contributed by atoms with E-state index in [1.165, 1.54) is 6.33 Å². The van der Waals surface area contributed by atoms with Crippen LogP contribution in [0.5, 0.6) is 0 Å². The van der Waals surface area contributed by atoms with Crippen LogP contribution in [0.1, 0.15) is 41.4 Å². The first-order chi connectivity index (χ1) is 12.8. The van der Waals surface area contributed by atoms with Crippen molar-refractivity contribution in [2.24, 2.45) is 0 Å². The summed E-state index contributed by atoms with van der Waals surface area (Å²) in [6, 6.07) is 9.85. The van der Waals surface area contributed by atoms with Crippen molar-refractivity contribution in [1.29, 1.82) is 0 Å². The minimum atomic E-state index is -0.186. The Balaban J connectivity index is 1.63. The van der Waals surface area contributed by atoms with Gasteiger partial charge in [-0.15, -0.1) is 0 Å². The summed E-state index contributed by atoms with van der Waals surface area (Å²) in [5.74, 6) is -0.169. The molecule has 1 amide bonds. The lowest BCUT2D eigenvalue weighted by atomic mass is 10.0. The molecule has 1 aliphatic heterocycles. The Morgan fingerprint density at radius 2 is 2.19 bits per heavy atom.